The molecule has 1 radical (unpaired) electrons. The first-order valence-corrected chi connectivity index (χ1v) is 9.24. The third-order valence-electron chi connectivity index (χ3n) is 1.50. The zero-order valence-corrected chi connectivity index (χ0v) is 10.9. The van der Waals surface area contributed by atoms with Crippen molar-refractivity contribution in [1.82, 2.24) is 0 Å². The summed E-state index contributed by atoms with van der Waals surface area (Å²) in [6.45, 7) is 7.05. The Morgan fingerprint density at radius 3 is 1.00 bits per heavy atom. The van der Waals surface area contributed by atoms with Gasteiger partial charge in [-0.15, -0.1) is 24.8 Å². The average molecular weight is 279 g/mol. The van der Waals surface area contributed by atoms with E-state index in [0.717, 1.165) is 0 Å². The third kappa shape index (κ3) is 9.38. The molecule has 0 aromatic heterocycles. The van der Waals surface area contributed by atoms with Crippen LogP contribution in [0.1, 0.15) is 20.8 Å². The van der Waals surface area contributed by atoms with E-state index in [1.165, 1.54) is 0 Å². The molecule has 0 saturated heterocycles. The quantitative estimate of drug-likeness (QED) is 0.694. The molecular weight excluding hydrogens is 262 g/mol. The largest absolute Gasteiger partial charge is 0.147 e. The predicted molar refractivity (Wildman–Crippen MR) is 51.7 cm³/mol. The molecule has 0 aliphatic carbocycles. The van der Waals surface area contributed by atoms with Gasteiger partial charge in [0.15, 0.2) is 0 Å². The van der Waals surface area contributed by atoms with Gasteiger partial charge in [-0.1, -0.05) is 0 Å². The molecule has 0 rings (SSSR count). The van der Waals surface area contributed by atoms with Crippen LogP contribution in [0.2, 0.25) is 13.3 Å². The second-order valence-corrected chi connectivity index (χ2v) is 12.1. The molecule has 0 heterocycles. The summed E-state index contributed by atoms with van der Waals surface area (Å²) in [5.74, 6) is 0. The molecule has 0 aliphatic heterocycles. The molecule has 0 aromatic carbocycles. The SMILES string of the molecule is C[CH2][Sn]([CH2]C)[CH2]C.Cl.Cl. The number of hydrogen-bond donors (Lipinski definition) is 0. The van der Waals surface area contributed by atoms with Gasteiger partial charge in [0.25, 0.3) is 0 Å². The molecule has 59 valence electrons. The molecular formula is C6H17Cl2Sn. The molecule has 0 aliphatic rings. The van der Waals surface area contributed by atoms with Crippen molar-refractivity contribution in [3.63, 3.8) is 0 Å². The van der Waals surface area contributed by atoms with Crippen molar-refractivity contribution < 1.29 is 0 Å². The van der Waals surface area contributed by atoms with Crippen LogP contribution in [0, 0.1) is 0 Å². The van der Waals surface area contributed by atoms with Crippen molar-refractivity contribution >= 4 is 44.6 Å². The standard InChI is InChI=1S/3C2H5.2ClH.Sn/c3*1-2;;;/h3*1H2,2H3;2*1H;. The topological polar surface area (TPSA) is 0 Å². The fourth-order valence-corrected chi connectivity index (χ4v) is 5.03. The summed E-state index contributed by atoms with van der Waals surface area (Å²) >= 11 is -0.653. The first-order chi connectivity index (χ1) is 3.35. The van der Waals surface area contributed by atoms with Gasteiger partial charge in [0.2, 0.25) is 0 Å². The van der Waals surface area contributed by atoms with Crippen molar-refractivity contribution in [2.75, 3.05) is 0 Å². The van der Waals surface area contributed by atoms with Gasteiger partial charge in [0, 0.05) is 0 Å². The van der Waals surface area contributed by atoms with Crippen molar-refractivity contribution in [1.29, 1.82) is 0 Å². The second-order valence-electron chi connectivity index (χ2n) is 1.81. The Morgan fingerprint density at radius 2 is 1.00 bits per heavy atom. The molecule has 0 aromatic rings. The van der Waals surface area contributed by atoms with E-state index in [-0.39, 0.29) is 24.8 Å². The first-order valence-electron chi connectivity index (χ1n) is 3.18. The first kappa shape index (κ1) is 16.8. The third-order valence-corrected chi connectivity index (χ3v) is 10.1. The van der Waals surface area contributed by atoms with Crippen LogP contribution < -0.4 is 0 Å². The second kappa shape index (κ2) is 12.1. The van der Waals surface area contributed by atoms with Crippen molar-refractivity contribution in [2.24, 2.45) is 0 Å². The molecule has 0 unspecified atom stereocenters. The predicted octanol–water partition coefficient (Wildman–Crippen LogP) is 3.38. The molecule has 0 spiro atoms. The van der Waals surface area contributed by atoms with Crippen LogP contribution in [-0.4, -0.2) is 19.8 Å². The maximum atomic E-state index is 2.35. The fourth-order valence-electron chi connectivity index (χ4n) is 0.750. The van der Waals surface area contributed by atoms with Crippen LogP contribution in [0.15, 0.2) is 0 Å². The summed E-state index contributed by atoms with van der Waals surface area (Å²) in [7, 11) is 0. The Kier molecular flexibility index (Phi) is 22.5. The number of hydrogen-bond acceptors (Lipinski definition) is 0. The van der Waals surface area contributed by atoms with Gasteiger partial charge >= 0.3 is 53.8 Å². The van der Waals surface area contributed by atoms with Crippen LogP contribution >= 0.6 is 24.8 Å². The molecule has 0 atom stereocenters. The fraction of sp³-hybridized carbons (Fsp3) is 1.00. The van der Waals surface area contributed by atoms with E-state index in [1.807, 2.05) is 0 Å². The summed E-state index contributed by atoms with van der Waals surface area (Å²) in [6, 6.07) is 0. The maximum Gasteiger partial charge on any atom is -0.147 e. The van der Waals surface area contributed by atoms with Gasteiger partial charge in [-0.3, -0.25) is 0 Å². The van der Waals surface area contributed by atoms with E-state index in [4.69, 9.17) is 0 Å². The van der Waals surface area contributed by atoms with E-state index < -0.39 is 19.8 Å². The van der Waals surface area contributed by atoms with Gasteiger partial charge < -0.3 is 0 Å². The van der Waals surface area contributed by atoms with E-state index >= 15 is 0 Å². The van der Waals surface area contributed by atoms with E-state index in [2.05, 4.69) is 20.8 Å². The molecule has 0 N–H and O–H groups in total. The summed E-state index contributed by atoms with van der Waals surface area (Å²) in [5.41, 5.74) is 0. The normalized spacial score (nSPS) is 8.00. The van der Waals surface area contributed by atoms with E-state index in [1.54, 1.807) is 13.3 Å². The molecule has 3 heteroatoms. The Bertz CT molecular complexity index is 32.5. The van der Waals surface area contributed by atoms with Crippen LogP contribution in [0.5, 0.6) is 0 Å². The minimum atomic E-state index is -0.653. The van der Waals surface area contributed by atoms with Crippen LogP contribution in [0.25, 0.3) is 0 Å². The van der Waals surface area contributed by atoms with Crippen LogP contribution in [0.3, 0.4) is 0 Å². The van der Waals surface area contributed by atoms with Crippen molar-refractivity contribution in [2.45, 2.75) is 34.1 Å². The van der Waals surface area contributed by atoms with Gasteiger partial charge in [0.05, 0.1) is 0 Å². The van der Waals surface area contributed by atoms with Crippen molar-refractivity contribution in [3.05, 3.63) is 0 Å². The molecule has 0 bridgehead atoms. The number of rotatable bonds is 3. The van der Waals surface area contributed by atoms with Gasteiger partial charge in [0.1, 0.15) is 0 Å². The maximum absolute atomic E-state index is 2.35. The Labute approximate surface area is 78.4 Å². The summed E-state index contributed by atoms with van der Waals surface area (Å²) in [6.07, 6.45) is 0. The van der Waals surface area contributed by atoms with E-state index in [9.17, 15) is 0 Å². The van der Waals surface area contributed by atoms with Gasteiger partial charge in [-0.2, -0.15) is 0 Å². The molecule has 0 fully saturated rings. The monoisotopic (exact) mass is 279 g/mol. The molecule has 0 nitrogen and oxygen atoms in total. The van der Waals surface area contributed by atoms with Crippen LogP contribution in [-0.2, 0) is 0 Å². The average Bonchev–Trinajstić information content (AvgIpc) is 1.72. The zero-order valence-electron chi connectivity index (χ0n) is 6.44. The van der Waals surface area contributed by atoms with Crippen LogP contribution in [0.4, 0.5) is 0 Å². The minimum absolute atomic E-state index is 0. The molecule has 9 heavy (non-hydrogen) atoms. The Morgan fingerprint density at radius 1 is 0.778 bits per heavy atom. The van der Waals surface area contributed by atoms with Gasteiger partial charge in [-0.05, 0) is 0 Å². The van der Waals surface area contributed by atoms with Gasteiger partial charge in [-0.25, -0.2) is 0 Å². The minimum Gasteiger partial charge on any atom is -0.147 e. The zero-order chi connectivity index (χ0) is 5.70. The summed E-state index contributed by atoms with van der Waals surface area (Å²) in [4.78, 5) is 0. The smallest absolute Gasteiger partial charge is 0.147 e. The Hall–Kier alpha value is 1.38. The molecule has 0 saturated carbocycles. The number of halogens is 2. The molecule has 0 amide bonds. The van der Waals surface area contributed by atoms with Crippen molar-refractivity contribution in [3.8, 4) is 0 Å². The summed E-state index contributed by atoms with van der Waals surface area (Å²) in [5, 5.41) is 0. The summed E-state index contributed by atoms with van der Waals surface area (Å²) < 4.78 is 4.65. The van der Waals surface area contributed by atoms with E-state index in [0.29, 0.717) is 0 Å². The Balaban J connectivity index is -0.000000180.